The van der Waals surface area contributed by atoms with Crippen LogP contribution in [-0.2, 0) is 10.0 Å². The Bertz CT molecular complexity index is 576. The number of benzene rings is 1. The minimum atomic E-state index is -3.62. The minimum absolute atomic E-state index is 0.152. The van der Waals surface area contributed by atoms with Crippen LogP contribution in [0.25, 0.3) is 0 Å². The lowest BCUT2D eigenvalue weighted by Crippen LogP contribution is -2.34. The van der Waals surface area contributed by atoms with Gasteiger partial charge in [-0.3, -0.25) is 0 Å². The van der Waals surface area contributed by atoms with Crippen molar-refractivity contribution in [3.8, 4) is 6.07 Å². The number of aryl methyl sites for hydroxylation is 1. The molecule has 0 atom stereocenters. The molecule has 0 heterocycles. The molecule has 0 N–H and O–H groups in total. The third-order valence-electron chi connectivity index (χ3n) is 2.62. The number of sulfonamides is 1. The zero-order chi connectivity index (χ0) is 14.5. The van der Waals surface area contributed by atoms with Crippen LogP contribution in [0.15, 0.2) is 23.1 Å². The van der Waals surface area contributed by atoms with Gasteiger partial charge >= 0.3 is 0 Å². The Morgan fingerprint density at radius 2 is 1.84 bits per heavy atom. The van der Waals surface area contributed by atoms with E-state index in [9.17, 15) is 8.42 Å². The number of hydrogen-bond acceptors (Lipinski definition) is 3. The van der Waals surface area contributed by atoms with E-state index < -0.39 is 10.0 Å². The fourth-order valence-electron chi connectivity index (χ4n) is 1.61. The maximum Gasteiger partial charge on any atom is 0.243 e. The average molecular weight is 321 g/mol. The molecule has 0 unspecified atom stereocenters. The van der Waals surface area contributed by atoms with Crippen LogP contribution in [0.3, 0.4) is 0 Å². The van der Waals surface area contributed by atoms with Gasteiger partial charge in [-0.1, -0.05) is 0 Å². The zero-order valence-electron chi connectivity index (χ0n) is 10.4. The molecule has 0 radical (unpaired) electrons. The second kappa shape index (κ2) is 7.11. The van der Waals surface area contributed by atoms with Gasteiger partial charge in [0.05, 0.1) is 16.5 Å². The van der Waals surface area contributed by atoms with Crippen LogP contribution in [0, 0.1) is 18.3 Å². The average Bonchev–Trinajstić information content (AvgIpc) is 2.38. The summed E-state index contributed by atoms with van der Waals surface area (Å²) in [6, 6.07) is 6.42. The van der Waals surface area contributed by atoms with E-state index in [1.165, 1.54) is 22.5 Å². The molecule has 1 aromatic carbocycles. The fraction of sp³-hybridized carbons (Fsp3) is 0.417. The first-order valence-corrected chi connectivity index (χ1v) is 8.11. The van der Waals surface area contributed by atoms with E-state index in [1.807, 2.05) is 6.07 Å². The maximum atomic E-state index is 12.4. The summed E-state index contributed by atoms with van der Waals surface area (Å²) < 4.78 is 26.0. The molecule has 0 spiro atoms. The van der Waals surface area contributed by atoms with Crippen LogP contribution >= 0.6 is 23.2 Å². The molecule has 0 aliphatic heterocycles. The van der Waals surface area contributed by atoms with Crippen molar-refractivity contribution in [2.24, 2.45) is 0 Å². The quantitative estimate of drug-likeness (QED) is 0.756. The van der Waals surface area contributed by atoms with E-state index in [-0.39, 0.29) is 29.7 Å². The van der Waals surface area contributed by atoms with Gasteiger partial charge in [0.15, 0.2) is 0 Å². The van der Waals surface area contributed by atoms with Gasteiger partial charge in [-0.2, -0.15) is 9.57 Å². The molecule has 19 heavy (non-hydrogen) atoms. The molecule has 0 bridgehead atoms. The van der Waals surface area contributed by atoms with E-state index in [4.69, 9.17) is 28.5 Å². The zero-order valence-corrected chi connectivity index (χ0v) is 12.8. The highest BCUT2D eigenvalue weighted by Gasteiger charge is 2.23. The molecule has 7 heteroatoms. The van der Waals surface area contributed by atoms with Crippen molar-refractivity contribution in [2.45, 2.75) is 11.8 Å². The Hall–Kier alpha value is -0.800. The first-order chi connectivity index (χ1) is 8.97. The highest BCUT2D eigenvalue weighted by Crippen LogP contribution is 2.19. The lowest BCUT2D eigenvalue weighted by molar-refractivity contribution is 0.448. The van der Waals surface area contributed by atoms with Crippen molar-refractivity contribution in [3.63, 3.8) is 0 Å². The molecule has 4 nitrogen and oxygen atoms in total. The summed E-state index contributed by atoms with van der Waals surface area (Å²) in [6.45, 7) is 2.11. The van der Waals surface area contributed by atoms with E-state index >= 15 is 0 Å². The number of rotatable bonds is 6. The molecule has 1 aromatic rings. The van der Waals surface area contributed by atoms with Gasteiger partial charge in [-0.25, -0.2) is 8.42 Å². The van der Waals surface area contributed by atoms with Gasteiger partial charge in [-0.05, 0) is 30.7 Å². The molecule has 0 saturated carbocycles. The van der Waals surface area contributed by atoms with Gasteiger partial charge in [0.25, 0.3) is 0 Å². The highest BCUT2D eigenvalue weighted by atomic mass is 35.5. The molecular weight excluding hydrogens is 307 g/mol. The molecule has 0 fully saturated rings. The van der Waals surface area contributed by atoms with E-state index in [2.05, 4.69) is 0 Å². The molecule has 104 valence electrons. The molecule has 0 amide bonds. The van der Waals surface area contributed by atoms with Crippen LogP contribution in [-0.4, -0.2) is 37.6 Å². The van der Waals surface area contributed by atoms with Crippen LogP contribution < -0.4 is 0 Å². The second-order valence-electron chi connectivity index (χ2n) is 3.87. The summed E-state index contributed by atoms with van der Waals surface area (Å²) >= 11 is 11.2. The van der Waals surface area contributed by atoms with E-state index in [0.717, 1.165) is 0 Å². The maximum absolute atomic E-state index is 12.4. The number of halogens is 2. The Morgan fingerprint density at radius 1 is 1.26 bits per heavy atom. The lowest BCUT2D eigenvalue weighted by atomic mass is 10.1. The van der Waals surface area contributed by atoms with Crippen LogP contribution in [0.2, 0.25) is 0 Å². The molecule has 0 aliphatic rings. The number of alkyl halides is 2. The van der Waals surface area contributed by atoms with Gasteiger partial charge < -0.3 is 0 Å². The van der Waals surface area contributed by atoms with Crippen LogP contribution in [0.5, 0.6) is 0 Å². The monoisotopic (exact) mass is 320 g/mol. The van der Waals surface area contributed by atoms with E-state index in [0.29, 0.717) is 11.1 Å². The van der Waals surface area contributed by atoms with Crippen molar-refractivity contribution >= 4 is 33.2 Å². The summed E-state index contributed by atoms with van der Waals surface area (Å²) in [6.07, 6.45) is 0. The topological polar surface area (TPSA) is 61.2 Å². The lowest BCUT2D eigenvalue weighted by Gasteiger charge is -2.20. The normalized spacial score (nSPS) is 11.5. The predicted molar refractivity (Wildman–Crippen MR) is 76.1 cm³/mol. The van der Waals surface area contributed by atoms with Crippen molar-refractivity contribution in [2.75, 3.05) is 24.8 Å². The van der Waals surface area contributed by atoms with Crippen LogP contribution in [0.4, 0.5) is 0 Å². The van der Waals surface area contributed by atoms with Gasteiger partial charge in [0.1, 0.15) is 0 Å². The number of hydrogen-bond donors (Lipinski definition) is 0. The minimum Gasteiger partial charge on any atom is -0.207 e. The largest absolute Gasteiger partial charge is 0.243 e. The highest BCUT2D eigenvalue weighted by molar-refractivity contribution is 7.89. The molecule has 0 saturated heterocycles. The first kappa shape index (κ1) is 16.3. The van der Waals surface area contributed by atoms with Gasteiger partial charge in [0, 0.05) is 24.8 Å². The fourth-order valence-corrected chi connectivity index (χ4v) is 3.75. The van der Waals surface area contributed by atoms with Crippen molar-refractivity contribution in [1.82, 2.24) is 4.31 Å². The third kappa shape index (κ3) is 3.83. The Labute approximate surface area is 123 Å². The van der Waals surface area contributed by atoms with Gasteiger partial charge in [-0.15, -0.1) is 23.2 Å². The summed E-state index contributed by atoms with van der Waals surface area (Å²) in [4.78, 5) is 0.152. The summed E-state index contributed by atoms with van der Waals surface area (Å²) in [5.41, 5.74) is 1.08. The predicted octanol–water partition coefficient (Wildman–Crippen LogP) is 2.33. The van der Waals surface area contributed by atoms with Crippen molar-refractivity contribution < 1.29 is 8.42 Å². The van der Waals surface area contributed by atoms with Gasteiger partial charge in [0.2, 0.25) is 10.0 Å². The van der Waals surface area contributed by atoms with Crippen molar-refractivity contribution in [3.05, 3.63) is 29.3 Å². The smallest absolute Gasteiger partial charge is 0.207 e. The summed E-state index contributed by atoms with van der Waals surface area (Å²) in [5, 5.41) is 8.85. The SMILES string of the molecule is Cc1cc(S(=O)(=O)N(CCCl)CCCl)ccc1C#N. The Balaban J connectivity index is 3.18. The second-order valence-corrected chi connectivity index (χ2v) is 6.56. The van der Waals surface area contributed by atoms with Crippen LogP contribution in [0.1, 0.15) is 11.1 Å². The summed E-state index contributed by atoms with van der Waals surface area (Å²) in [5.74, 6) is 0.400. The molecule has 0 aliphatic carbocycles. The number of nitriles is 1. The molecular formula is C12H14Cl2N2O2S. The Morgan fingerprint density at radius 3 is 2.26 bits per heavy atom. The Kier molecular flexibility index (Phi) is 6.08. The molecule has 1 rings (SSSR count). The number of nitrogens with zero attached hydrogens (tertiary/aromatic N) is 2. The third-order valence-corrected chi connectivity index (χ3v) is 4.86. The van der Waals surface area contributed by atoms with E-state index in [1.54, 1.807) is 6.92 Å². The van der Waals surface area contributed by atoms with Crippen molar-refractivity contribution in [1.29, 1.82) is 5.26 Å². The standard InChI is InChI=1S/C12H14Cl2N2O2S/c1-10-8-12(3-2-11(10)9-15)19(17,18)16(6-4-13)7-5-14/h2-3,8H,4-7H2,1H3. The summed E-state index contributed by atoms with van der Waals surface area (Å²) in [7, 11) is -3.62. The molecule has 0 aromatic heterocycles. The first-order valence-electron chi connectivity index (χ1n) is 5.60.